The number of nitrogens with one attached hydrogen (secondary N) is 1. The fourth-order valence-corrected chi connectivity index (χ4v) is 6.04. The van der Waals surface area contributed by atoms with Crippen LogP contribution in [-0.2, 0) is 10.0 Å². The van der Waals surface area contributed by atoms with E-state index in [0.29, 0.717) is 29.6 Å². The number of thiophene rings is 1. The normalized spacial score (nSPS) is 19.7. The Hall–Kier alpha value is -1.41. The Balaban J connectivity index is 2.04. The molecule has 1 aromatic heterocycles. The molecule has 124 valence electrons. The number of benzene rings is 1. The maximum Gasteiger partial charge on any atom is 0.253 e. The molecule has 1 N–H and O–H groups in total. The van der Waals surface area contributed by atoms with E-state index < -0.39 is 10.0 Å². The summed E-state index contributed by atoms with van der Waals surface area (Å²) < 4.78 is 33.7. The molecular formula is C16H20N2O3S2. The molecule has 0 saturated carbocycles. The molecule has 0 spiro atoms. The summed E-state index contributed by atoms with van der Waals surface area (Å²) in [5.41, 5.74) is 1.69. The number of aryl methyl sites for hydroxylation is 1. The van der Waals surface area contributed by atoms with Crippen LogP contribution in [0.4, 0.5) is 0 Å². The van der Waals surface area contributed by atoms with Crippen LogP contribution in [0.15, 0.2) is 39.9 Å². The third kappa shape index (κ3) is 3.01. The lowest BCUT2D eigenvalue weighted by Gasteiger charge is -2.35. The maximum atomic E-state index is 13.1. The molecule has 1 aromatic carbocycles. The van der Waals surface area contributed by atoms with Gasteiger partial charge in [-0.05, 0) is 30.0 Å². The van der Waals surface area contributed by atoms with E-state index >= 15 is 0 Å². The van der Waals surface area contributed by atoms with Crippen LogP contribution in [0.5, 0.6) is 5.75 Å². The zero-order valence-corrected chi connectivity index (χ0v) is 14.8. The predicted molar refractivity (Wildman–Crippen MR) is 91.6 cm³/mol. The molecule has 5 nitrogen and oxygen atoms in total. The molecule has 7 heteroatoms. The summed E-state index contributed by atoms with van der Waals surface area (Å²) in [5.74, 6) is 0.712. The molecule has 1 aliphatic heterocycles. The van der Waals surface area contributed by atoms with Crippen LogP contribution >= 0.6 is 11.3 Å². The van der Waals surface area contributed by atoms with Gasteiger partial charge < -0.3 is 10.1 Å². The van der Waals surface area contributed by atoms with Gasteiger partial charge in [0.25, 0.3) is 10.0 Å². The molecular weight excluding hydrogens is 332 g/mol. The van der Waals surface area contributed by atoms with Crippen LogP contribution in [0.25, 0.3) is 0 Å². The summed E-state index contributed by atoms with van der Waals surface area (Å²) in [5, 5.41) is 5.11. The summed E-state index contributed by atoms with van der Waals surface area (Å²) in [6.45, 7) is 3.51. The van der Waals surface area contributed by atoms with Crippen molar-refractivity contribution in [2.45, 2.75) is 17.2 Å². The molecule has 1 saturated heterocycles. The molecule has 3 rings (SSSR count). The monoisotopic (exact) mass is 352 g/mol. The van der Waals surface area contributed by atoms with Crippen molar-refractivity contribution in [3.8, 4) is 5.75 Å². The van der Waals surface area contributed by atoms with Gasteiger partial charge in [-0.15, -0.1) is 11.3 Å². The lowest BCUT2D eigenvalue weighted by Crippen LogP contribution is -2.48. The van der Waals surface area contributed by atoms with E-state index in [1.54, 1.807) is 11.4 Å². The Labute approximate surface area is 140 Å². The zero-order valence-electron chi connectivity index (χ0n) is 13.2. The Morgan fingerprint density at radius 3 is 2.78 bits per heavy atom. The van der Waals surface area contributed by atoms with Crippen molar-refractivity contribution < 1.29 is 13.2 Å². The van der Waals surface area contributed by atoms with Crippen LogP contribution in [0.1, 0.15) is 17.2 Å². The number of para-hydroxylation sites is 1. The van der Waals surface area contributed by atoms with Gasteiger partial charge in [0.1, 0.15) is 9.96 Å². The van der Waals surface area contributed by atoms with Gasteiger partial charge in [-0.2, -0.15) is 4.31 Å². The Morgan fingerprint density at radius 2 is 2.09 bits per heavy atom. The van der Waals surface area contributed by atoms with Crippen LogP contribution in [0.2, 0.25) is 0 Å². The van der Waals surface area contributed by atoms with Crippen molar-refractivity contribution in [3.05, 3.63) is 46.8 Å². The first kappa shape index (κ1) is 16.4. The van der Waals surface area contributed by atoms with E-state index in [0.717, 1.165) is 11.1 Å². The highest BCUT2D eigenvalue weighted by atomic mass is 32.2. The van der Waals surface area contributed by atoms with Gasteiger partial charge >= 0.3 is 0 Å². The topological polar surface area (TPSA) is 58.6 Å². The van der Waals surface area contributed by atoms with E-state index in [9.17, 15) is 8.42 Å². The van der Waals surface area contributed by atoms with Gasteiger partial charge in [0.05, 0.1) is 13.2 Å². The first-order valence-electron chi connectivity index (χ1n) is 7.45. The van der Waals surface area contributed by atoms with Crippen LogP contribution < -0.4 is 10.1 Å². The molecule has 1 atom stereocenters. The van der Waals surface area contributed by atoms with E-state index in [1.807, 2.05) is 42.6 Å². The van der Waals surface area contributed by atoms with Gasteiger partial charge in [0, 0.05) is 25.2 Å². The number of methoxy groups -OCH3 is 1. The lowest BCUT2D eigenvalue weighted by molar-refractivity contribution is 0.265. The Morgan fingerprint density at radius 1 is 1.30 bits per heavy atom. The summed E-state index contributed by atoms with van der Waals surface area (Å²) >= 11 is 1.28. The van der Waals surface area contributed by atoms with E-state index in [-0.39, 0.29) is 6.04 Å². The summed E-state index contributed by atoms with van der Waals surface area (Å²) in [6.07, 6.45) is 0. The van der Waals surface area contributed by atoms with Gasteiger partial charge in [0.2, 0.25) is 0 Å². The van der Waals surface area contributed by atoms with Crippen LogP contribution in [0.3, 0.4) is 0 Å². The molecule has 1 fully saturated rings. The van der Waals surface area contributed by atoms with Crippen molar-refractivity contribution in [3.63, 3.8) is 0 Å². The average molecular weight is 352 g/mol. The van der Waals surface area contributed by atoms with Gasteiger partial charge in [0.15, 0.2) is 0 Å². The number of hydrogen-bond donors (Lipinski definition) is 1. The minimum absolute atomic E-state index is 0.272. The molecule has 2 aromatic rings. The maximum absolute atomic E-state index is 13.1. The molecule has 2 heterocycles. The third-order valence-electron chi connectivity index (χ3n) is 4.05. The summed E-state index contributed by atoms with van der Waals surface area (Å²) in [7, 11) is -1.91. The second-order valence-electron chi connectivity index (χ2n) is 5.47. The second kappa shape index (κ2) is 6.60. The van der Waals surface area contributed by atoms with E-state index in [2.05, 4.69) is 5.32 Å². The quantitative estimate of drug-likeness (QED) is 0.918. The van der Waals surface area contributed by atoms with Gasteiger partial charge in [-0.1, -0.05) is 18.2 Å². The number of nitrogens with zero attached hydrogens (tertiary/aromatic N) is 1. The van der Waals surface area contributed by atoms with Crippen LogP contribution in [-0.4, -0.2) is 39.5 Å². The third-order valence-corrected chi connectivity index (χ3v) is 7.62. The minimum atomic E-state index is -3.52. The molecule has 1 unspecified atom stereocenters. The number of ether oxygens (including phenoxy) is 1. The highest BCUT2D eigenvalue weighted by molar-refractivity contribution is 7.91. The standard InChI is InChI=1S/C16H20N2O3S2/c1-12-7-10-22-16(12)23(19,20)18-9-8-17-11-14(18)13-5-3-4-6-15(13)21-2/h3-7,10,14,17H,8-9,11H2,1-2H3. The predicted octanol–water partition coefficient (Wildman–Crippen LogP) is 2.40. The molecule has 0 radical (unpaired) electrons. The molecule has 0 amide bonds. The fraction of sp³-hybridized carbons (Fsp3) is 0.375. The van der Waals surface area contributed by atoms with Crippen molar-refractivity contribution in [2.75, 3.05) is 26.7 Å². The van der Waals surface area contributed by atoms with Crippen LogP contribution in [0, 0.1) is 6.92 Å². The first-order valence-corrected chi connectivity index (χ1v) is 9.77. The number of hydrogen-bond acceptors (Lipinski definition) is 5. The Kier molecular flexibility index (Phi) is 4.72. The largest absolute Gasteiger partial charge is 0.496 e. The second-order valence-corrected chi connectivity index (χ2v) is 8.47. The fourth-order valence-electron chi connectivity index (χ4n) is 2.91. The average Bonchev–Trinajstić information content (AvgIpc) is 3.01. The number of sulfonamides is 1. The van der Waals surface area contributed by atoms with E-state index in [1.165, 1.54) is 11.3 Å². The molecule has 0 bridgehead atoms. The molecule has 0 aliphatic carbocycles. The number of rotatable bonds is 4. The highest BCUT2D eigenvalue weighted by Gasteiger charge is 2.36. The molecule has 1 aliphatic rings. The lowest BCUT2D eigenvalue weighted by atomic mass is 10.0. The minimum Gasteiger partial charge on any atom is -0.496 e. The Bertz CT molecular complexity index is 786. The van der Waals surface area contributed by atoms with Crippen molar-refractivity contribution >= 4 is 21.4 Å². The summed E-state index contributed by atoms with van der Waals surface area (Å²) in [4.78, 5) is 0. The summed E-state index contributed by atoms with van der Waals surface area (Å²) in [6, 6.07) is 9.17. The van der Waals surface area contributed by atoms with E-state index in [4.69, 9.17) is 4.74 Å². The van der Waals surface area contributed by atoms with Gasteiger partial charge in [-0.3, -0.25) is 0 Å². The smallest absolute Gasteiger partial charge is 0.253 e. The molecule has 23 heavy (non-hydrogen) atoms. The van der Waals surface area contributed by atoms with Gasteiger partial charge in [-0.25, -0.2) is 8.42 Å². The van der Waals surface area contributed by atoms with Crippen molar-refractivity contribution in [1.82, 2.24) is 9.62 Å². The van der Waals surface area contributed by atoms with Crippen molar-refractivity contribution in [1.29, 1.82) is 0 Å². The SMILES string of the molecule is COc1ccccc1C1CNCCN1S(=O)(=O)c1sccc1C. The highest BCUT2D eigenvalue weighted by Crippen LogP contribution is 2.35. The van der Waals surface area contributed by atoms with Crippen molar-refractivity contribution in [2.24, 2.45) is 0 Å². The first-order chi connectivity index (χ1) is 11.1. The zero-order chi connectivity index (χ0) is 16.4. The number of piperazine rings is 1.